The second-order valence-corrected chi connectivity index (χ2v) is 7.88. The van der Waals surface area contributed by atoms with Crippen molar-refractivity contribution in [2.45, 2.75) is 19.8 Å². The molecule has 2 rings (SSSR count). The van der Waals surface area contributed by atoms with E-state index >= 15 is 0 Å². The van der Waals surface area contributed by atoms with Gasteiger partial charge in [-0.15, -0.1) is 0 Å². The Labute approximate surface area is 141 Å². The lowest BCUT2D eigenvalue weighted by Crippen LogP contribution is -2.25. The molecular weight excluding hydrogens is 329 g/mol. The zero-order valence-electron chi connectivity index (χ0n) is 13.5. The molecule has 0 aliphatic carbocycles. The first-order valence-electron chi connectivity index (χ1n) is 7.66. The standard InChI is InChI=1S/C18H20FNO3S/c1-14-9-10-16(12-17(14)19)20-18(21)13-24(22,23)11-5-8-15-6-3-2-4-7-15/h2-4,6-7,9-10,12H,5,8,11,13H2,1H3,(H,20,21). The van der Waals surface area contributed by atoms with Crippen molar-refractivity contribution in [1.29, 1.82) is 0 Å². The van der Waals surface area contributed by atoms with Crippen molar-refractivity contribution in [1.82, 2.24) is 0 Å². The Hall–Kier alpha value is -2.21. The van der Waals surface area contributed by atoms with Crippen molar-refractivity contribution in [2.24, 2.45) is 0 Å². The van der Waals surface area contributed by atoms with Crippen LogP contribution in [0.25, 0.3) is 0 Å². The summed E-state index contributed by atoms with van der Waals surface area (Å²) in [5, 5.41) is 2.42. The van der Waals surface area contributed by atoms with Crippen LogP contribution >= 0.6 is 0 Å². The van der Waals surface area contributed by atoms with Gasteiger partial charge in [0.15, 0.2) is 9.84 Å². The van der Waals surface area contributed by atoms with E-state index < -0.39 is 27.3 Å². The minimum absolute atomic E-state index is 0.0580. The van der Waals surface area contributed by atoms with Gasteiger partial charge in [-0.25, -0.2) is 12.8 Å². The van der Waals surface area contributed by atoms with Crippen LogP contribution < -0.4 is 5.32 Å². The molecule has 1 N–H and O–H groups in total. The number of rotatable bonds is 7. The van der Waals surface area contributed by atoms with Crippen molar-refractivity contribution < 1.29 is 17.6 Å². The third-order valence-corrected chi connectivity index (χ3v) is 5.18. The maximum absolute atomic E-state index is 13.4. The topological polar surface area (TPSA) is 63.2 Å². The lowest BCUT2D eigenvalue weighted by molar-refractivity contribution is -0.113. The second kappa shape index (κ2) is 8.06. The summed E-state index contributed by atoms with van der Waals surface area (Å²) in [5.74, 6) is -1.76. The van der Waals surface area contributed by atoms with Crippen LogP contribution in [0.15, 0.2) is 48.5 Å². The van der Waals surface area contributed by atoms with E-state index in [0.29, 0.717) is 18.4 Å². The Morgan fingerprint density at radius 3 is 2.50 bits per heavy atom. The Kier molecular flexibility index (Phi) is 6.09. The predicted molar refractivity (Wildman–Crippen MR) is 93.2 cm³/mol. The van der Waals surface area contributed by atoms with Crippen molar-refractivity contribution in [3.63, 3.8) is 0 Å². The summed E-state index contributed by atoms with van der Waals surface area (Å²) in [6.07, 6.45) is 1.10. The summed E-state index contributed by atoms with van der Waals surface area (Å²) < 4.78 is 37.4. The average molecular weight is 349 g/mol. The molecule has 0 saturated heterocycles. The molecule has 0 heterocycles. The molecule has 0 fully saturated rings. The van der Waals surface area contributed by atoms with Crippen LogP contribution in [-0.4, -0.2) is 25.8 Å². The highest BCUT2D eigenvalue weighted by atomic mass is 32.2. The molecule has 0 atom stereocenters. The number of hydrogen-bond donors (Lipinski definition) is 1. The SMILES string of the molecule is Cc1ccc(NC(=O)CS(=O)(=O)CCCc2ccccc2)cc1F. The highest BCUT2D eigenvalue weighted by molar-refractivity contribution is 7.92. The number of benzene rings is 2. The van der Waals surface area contributed by atoms with Gasteiger partial charge in [-0.05, 0) is 43.0 Å². The fraction of sp³-hybridized carbons (Fsp3) is 0.278. The molecule has 2 aromatic carbocycles. The van der Waals surface area contributed by atoms with E-state index in [-0.39, 0.29) is 11.4 Å². The van der Waals surface area contributed by atoms with E-state index in [2.05, 4.69) is 5.32 Å². The van der Waals surface area contributed by atoms with Crippen LogP contribution in [0.3, 0.4) is 0 Å². The van der Waals surface area contributed by atoms with E-state index in [1.165, 1.54) is 12.1 Å². The molecular formula is C18H20FNO3S. The van der Waals surface area contributed by atoms with Gasteiger partial charge in [0.1, 0.15) is 11.6 Å². The van der Waals surface area contributed by atoms with E-state index in [0.717, 1.165) is 5.56 Å². The number of nitrogens with one attached hydrogen (secondary N) is 1. The molecule has 1 amide bonds. The first-order valence-corrected chi connectivity index (χ1v) is 9.48. The van der Waals surface area contributed by atoms with Gasteiger partial charge in [0, 0.05) is 5.69 Å². The molecule has 0 aliphatic rings. The number of amides is 1. The van der Waals surface area contributed by atoms with Crippen LogP contribution in [0.1, 0.15) is 17.5 Å². The zero-order chi connectivity index (χ0) is 17.6. The largest absolute Gasteiger partial charge is 0.325 e. The fourth-order valence-corrected chi connectivity index (χ4v) is 3.48. The van der Waals surface area contributed by atoms with Gasteiger partial charge < -0.3 is 5.32 Å². The summed E-state index contributed by atoms with van der Waals surface area (Å²) >= 11 is 0. The van der Waals surface area contributed by atoms with Crippen molar-refractivity contribution in [2.75, 3.05) is 16.8 Å². The van der Waals surface area contributed by atoms with Gasteiger partial charge >= 0.3 is 0 Å². The highest BCUT2D eigenvalue weighted by Gasteiger charge is 2.17. The number of carbonyl (C=O) groups is 1. The van der Waals surface area contributed by atoms with Gasteiger partial charge in [-0.3, -0.25) is 4.79 Å². The van der Waals surface area contributed by atoms with Gasteiger partial charge in [0.25, 0.3) is 0 Å². The van der Waals surface area contributed by atoms with Crippen LogP contribution in [0.5, 0.6) is 0 Å². The molecule has 0 aromatic heterocycles. The third kappa shape index (κ3) is 5.77. The smallest absolute Gasteiger partial charge is 0.239 e. The first-order chi connectivity index (χ1) is 11.4. The van der Waals surface area contributed by atoms with E-state index in [1.54, 1.807) is 13.0 Å². The summed E-state index contributed by atoms with van der Waals surface area (Å²) in [5.41, 5.74) is 1.77. The number of sulfone groups is 1. The molecule has 4 nitrogen and oxygen atoms in total. The molecule has 0 spiro atoms. The number of halogens is 1. The number of carbonyl (C=O) groups excluding carboxylic acids is 1. The van der Waals surface area contributed by atoms with Crippen LogP contribution in [-0.2, 0) is 21.1 Å². The number of hydrogen-bond acceptors (Lipinski definition) is 3. The lowest BCUT2D eigenvalue weighted by atomic mass is 10.1. The zero-order valence-corrected chi connectivity index (χ0v) is 14.3. The highest BCUT2D eigenvalue weighted by Crippen LogP contribution is 2.13. The molecule has 2 aromatic rings. The molecule has 0 unspecified atom stereocenters. The first kappa shape index (κ1) is 18.1. The Bertz CT molecular complexity index is 804. The fourth-order valence-electron chi connectivity index (χ4n) is 2.28. The Morgan fingerprint density at radius 2 is 1.83 bits per heavy atom. The molecule has 0 radical (unpaired) electrons. The van der Waals surface area contributed by atoms with Crippen LogP contribution in [0.4, 0.5) is 10.1 Å². The molecule has 6 heteroatoms. The maximum atomic E-state index is 13.4. The van der Waals surface area contributed by atoms with Crippen LogP contribution in [0, 0.1) is 12.7 Å². The average Bonchev–Trinajstić information content (AvgIpc) is 2.51. The van der Waals surface area contributed by atoms with Crippen molar-refractivity contribution >= 4 is 21.4 Å². The lowest BCUT2D eigenvalue weighted by Gasteiger charge is -2.07. The monoisotopic (exact) mass is 349 g/mol. The van der Waals surface area contributed by atoms with Crippen molar-refractivity contribution in [3.8, 4) is 0 Å². The predicted octanol–water partition coefficient (Wildman–Crippen LogP) is 3.12. The minimum Gasteiger partial charge on any atom is -0.325 e. The van der Waals surface area contributed by atoms with Gasteiger partial charge in [-0.1, -0.05) is 36.4 Å². The van der Waals surface area contributed by atoms with Gasteiger partial charge in [0.05, 0.1) is 5.75 Å². The Balaban J connectivity index is 1.84. The molecule has 24 heavy (non-hydrogen) atoms. The summed E-state index contributed by atoms with van der Waals surface area (Å²) in [4.78, 5) is 11.8. The summed E-state index contributed by atoms with van der Waals surface area (Å²) in [7, 11) is -3.50. The number of anilines is 1. The Morgan fingerprint density at radius 1 is 1.12 bits per heavy atom. The second-order valence-electron chi connectivity index (χ2n) is 5.69. The minimum atomic E-state index is -3.50. The number of aryl methyl sites for hydroxylation is 2. The van der Waals surface area contributed by atoms with E-state index in [9.17, 15) is 17.6 Å². The van der Waals surface area contributed by atoms with E-state index in [4.69, 9.17) is 0 Å². The molecule has 0 aliphatic heterocycles. The summed E-state index contributed by atoms with van der Waals surface area (Å²) in [6, 6.07) is 13.8. The van der Waals surface area contributed by atoms with Crippen LogP contribution in [0.2, 0.25) is 0 Å². The van der Waals surface area contributed by atoms with Gasteiger partial charge in [0.2, 0.25) is 5.91 Å². The molecule has 0 bridgehead atoms. The summed E-state index contributed by atoms with van der Waals surface area (Å²) in [6.45, 7) is 1.61. The van der Waals surface area contributed by atoms with E-state index in [1.807, 2.05) is 30.3 Å². The maximum Gasteiger partial charge on any atom is 0.239 e. The molecule has 0 saturated carbocycles. The molecule has 128 valence electrons. The third-order valence-electron chi connectivity index (χ3n) is 3.57. The van der Waals surface area contributed by atoms with Gasteiger partial charge in [-0.2, -0.15) is 0 Å². The normalized spacial score (nSPS) is 11.2. The quantitative estimate of drug-likeness (QED) is 0.835. The van der Waals surface area contributed by atoms with Crippen molar-refractivity contribution in [3.05, 3.63) is 65.5 Å².